The summed E-state index contributed by atoms with van der Waals surface area (Å²) in [6, 6.07) is 0. The summed E-state index contributed by atoms with van der Waals surface area (Å²) in [5.41, 5.74) is -0.357. The van der Waals surface area contributed by atoms with Crippen molar-refractivity contribution in [3.63, 3.8) is 0 Å². The minimum absolute atomic E-state index is 0.357. The predicted octanol–water partition coefficient (Wildman–Crippen LogP) is 2.58. The third-order valence-electron chi connectivity index (χ3n) is 2.68. The van der Waals surface area contributed by atoms with Gasteiger partial charge in [-0.3, -0.25) is 0 Å². The molecule has 1 heteroatoms. The average Bonchev–Trinajstić information content (AvgIpc) is 2.64. The van der Waals surface area contributed by atoms with Crippen LogP contribution in [-0.4, -0.2) is 10.7 Å². The van der Waals surface area contributed by atoms with Gasteiger partial charge < -0.3 is 5.11 Å². The van der Waals surface area contributed by atoms with E-state index in [2.05, 4.69) is 13.8 Å². The molecule has 0 amide bonds. The van der Waals surface area contributed by atoms with Crippen molar-refractivity contribution in [2.24, 2.45) is 11.8 Å². The maximum atomic E-state index is 9.90. The standard InChI is InChI=1S/C10H20O/c1-8(2)6-7-10(3,11)9-4-5-9/h8-9,11H,4-7H2,1-3H3. The Morgan fingerprint density at radius 3 is 2.36 bits per heavy atom. The van der Waals surface area contributed by atoms with Crippen LogP contribution in [0.3, 0.4) is 0 Å². The molecule has 1 unspecified atom stereocenters. The van der Waals surface area contributed by atoms with Crippen LogP contribution >= 0.6 is 0 Å². The van der Waals surface area contributed by atoms with E-state index in [0.717, 1.165) is 18.8 Å². The molecular formula is C10H20O. The molecule has 66 valence electrons. The van der Waals surface area contributed by atoms with Crippen LogP contribution in [-0.2, 0) is 0 Å². The van der Waals surface area contributed by atoms with E-state index < -0.39 is 0 Å². The van der Waals surface area contributed by atoms with Crippen molar-refractivity contribution >= 4 is 0 Å². The summed E-state index contributed by atoms with van der Waals surface area (Å²) in [5, 5.41) is 9.90. The fraction of sp³-hybridized carbons (Fsp3) is 1.00. The number of hydrogen-bond donors (Lipinski definition) is 1. The Labute approximate surface area is 69.8 Å². The molecule has 0 aromatic heterocycles. The summed E-state index contributed by atoms with van der Waals surface area (Å²) in [5.74, 6) is 1.33. The normalized spacial score (nSPS) is 23.7. The van der Waals surface area contributed by atoms with Crippen molar-refractivity contribution < 1.29 is 5.11 Å². The molecule has 1 rings (SSSR count). The molecule has 1 N–H and O–H groups in total. The minimum atomic E-state index is -0.357. The zero-order valence-electron chi connectivity index (χ0n) is 7.93. The zero-order valence-corrected chi connectivity index (χ0v) is 7.93. The summed E-state index contributed by atoms with van der Waals surface area (Å²) in [7, 11) is 0. The van der Waals surface area contributed by atoms with Crippen LogP contribution in [0.5, 0.6) is 0 Å². The van der Waals surface area contributed by atoms with Gasteiger partial charge in [0.25, 0.3) is 0 Å². The Bertz CT molecular complexity index is 123. The van der Waals surface area contributed by atoms with Crippen molar-refractivity contribution in [3.05, 3.63) is 0 Å². The topological polar surface area (TPSA) is 20.2 Å². The van der Waals surface area contributed by atoms with Gasteiger partial charge in [0.2, 0.25) is 0 Å². The van der Waals surface area contributed by atoms with Crippen LogP contribution < -0.4 is 0 Å². The van der Waals surface area contributed by atoms with Crippen LogP contribution in [0.2, 0.25) is 0 Å². The van der Waals surface area contributed by atoms with Gasteiger partial charge in [-0.05, 0) is 44.4 Å². The van der Waals surface area contributed by atoms with Gasteiger partial charge in [-0.2, -0.15) is 0 Å². The zero-order chi connectivity index (χ0) is 8.48. The van der Waals surface area contributed by atoms with Crippen LogP contribution in [0.25, 0.3) is 0 Å². The first kappa shape index (κ1) is 9.05. The molecule has 1 nitrogen and oxygen atoms in total. The molecule has 11 heavy (non-hydrogen) atoms. The molecule has 0 radical (unpaired) electrons. The second kappa shape index (κ2) is 3.14. The maximum Gasteiger partial charge on any atom is 0.0647 e. The summed E-state index contributed by atoms with van der Waals surface area (Å²) in [6.07, 6.45) is 4.62. The lowest BCUT2D eigenvalue weighted by atomic mass is 9.91. The highest BCUT2D eigenvalue weighted by molar-refractivity contribution is 4.91. The molecule has 1 aliphatic carbocycles. The van der Waals surface area contributed by atoms with Crippen molar-refractivity contribution in [2.45, 2.75) is 52.1 Å². The van der Waals surface area contributed by atoms with Crippen LogP contribution in [0.1, 0.15) is 46.5 Å². The highest BCUT2D eigenvalue weighted by Gasteiger charge is 2.39. The van der Waals surface area contributed by atoms with E-state index >= 15 is 0 Å². The van der Waals surface area contributed by atoms with Gasteiger partial charge >= 0.3 is 0 Å². The van der Waals surface area contributed by atoms with Gasteiger partial charge in [-0.1, -0.05) is 13.8 Å². The smallest absolute Gasteiger partial charge is 0.0647 e. The maximum absolute atomic E-state index is 9.90. The van der Waals surface area contributed by atoms with E-state index in [0.29, 0.717) is 5.92 Å². The Balaban J connectivity index is 2.22. The molecule has 1 fully saturated rings. The lowest BCUT2D eigenvalue weighted by Crippen LogP contribution is -2.27. The molecule has 0 spiro atoms. The Morgan fingerprint density at radius 1 is 1.45 bits per heavy atom. The largest absolute Gasteiger partial charge is 0.390 e. The van der Waals surface area contributed by atoms with E-state index in [9.17, 15) is 5.11 Å². The third kappa shape index (κ3) is 2.82. The van der Waals surface area contributed by atoms with E-state index in [-0.39, 0.29) is 5.60 Å². The molecule has 0 saturated heterocycles. The Hall–Kier alpha value is -0.0400. The number of aliphatic hydroxyl groups is 1. The summed E-state index contributed by atoms with van der Waals surface area (Å²) < 4.78 is 0. The number of rotatable bonds is 4. The Kier molecular flexibility index (Phi) is 2.58. The molecule has 1 saturated carbocycles. The van der Waals surface area contributed by atoms with E-state index in [4.69, 9.17) is 0 Å². The Morgan fingerprint density at radius 2 is 2.00 bits per heavy atom. The van der Waals surface area contributed by atoms with Crippen molar-refractivity contribution in [1.29, 1.82) is 0 Å². The van der Waals surface area contributed by atoms with E-state index in [1.54, 1.807) is 0 Å². The van der Waals surface area contributed by atoms with Gasteiger partial charge in [0, 0.05) is 0 Å². The SMILES string of the molecule is CC(C)CCC(C)(O)C1CC1. The molecule has 0 aromatic carbocycles. The predicted molar refractivity (Wildman–Crippen MR) is 47.4 cm³/mol. The molecule has 1 atom stereocenters. The van der Waals surface area contributed by atoms with E-state index in [1.165, 1.54) is 12.8 Å². The van der Waals surface area contributed by atoms with Crippen molar-refractivity contribution in [1.82, 2.24) is 0 Å². The second-order valence-electron chi connectivity index (χ2n) is 4.56. The van der Waals surface area contributed by atoms with Gasteiger partial charge in [-0.25, -0.2) is 0 Å². The van der Waals surface area contributed by atoms with Crippen molar-refractivity contribution in [2.75, 3.05) is 0 Å². The van der Waals surface area contributed by atoms with Crippen LogP contribution in [0.15, 0.2) is 0 Å². The lowest BCUT2D eigenvalue weighted by molar-refractivity contribution is 0.0230. The fourth-order valence-electron chi connectivity index (χ4n) is 1.49. The van der Waals surface area contributed by atoms with Gasteiger partial charge in [-0.15, -0.1) is 0 Å². The summed E-state index contributed by atoms with van der Waals surface area (Å²) >= 11 is 0. The lowest BCUT2D eigenvalue weighted by Gasteiger charge is -2.23. The first-order valence-electron chi connectivity index (χ1n) is 4.75. The van der Waals surface area contributed by atoms with Crippen molar-refractivity contribution in [3.8, 4) is 0 Å². The molecule has 1 aliphatic rings. The van der Waals surface area contributed by atoms with Crippen LogP contribution in [0, 0.1) is 11.8 Å². The average molecular weight is 156 g/mol. The first-order chi connectivity index (χ1) is 5.02. The summed E-state index contributed by atoms with van der Waals surface area (Å²) in [4.78, 5) is 0. The quantitative estimate of drug-likeness (QED) is 0.663. The van der Waals surface area contributed by atoms with Gasteiger partial charge in [0.15, 0.2) is 0 Å². The molecule has 0 bridgehead atoms. The number of hydrogen-bond acceptors (Lipinski definition) is 1. The molecule has 0 aromatic rings. The second-order valence-corrected chi connectivity index (χ2v) is 4.56. The van der Waals surface area contributed by atoms with Crippen LogP contribution in [0.4, 0.5) is 0 Å². The van der Waals surface area contributed by atoms with Gasteiger partial charge in [0.05, 0.1) is 5.60 Å². The fourth-order valence-corrected chi connectivity index (χ4v) is 1.49. The van der Waals surface area contributed by atoms with E-state index in [1.807, 2.05) is 6.92 Å². The third-order valence-corrected chi connectivity index (χ3v) is 2.68. The minimum Gasteiger partial charge on any atom is -0.390 e. The molecule has 0 heterocycles. The molecule has 0 aliphatic heterocycles. The summed E-state index contributed by atoms with van der Waals surface area (Å²) in [6.45, 7) is 6.42. The highest BCUT2D eigenvalue weighted by Crippen LogP contribution is 2.42. The first-order valence-corrected chi connectivity index (χ1v) is 4.75. The highest BCUT2D eigenvalue weighted by atomic mass is 16.3. The molecular weight excluding hydrogens is 136 g/mol. The monoisotopic (exact) mass is 156 g/mol. The van der Waals surface area contributed by atoms with Gasteiger partial charge in [0.1, 0.15) is 0 Å².